The van der Waals surface area contributed by atoms with E-state index in [-0.39, 0.29) is 0 Å². The Morgan fingerprint density at radius 1 is 1.26 bits per heavy atom. The predicted octanol–water partition coefficient (Wildman–Crippen LogP) is 2.28. The van der Waals surface area contributed by atoms with Gasteiger partial charge in [-0.2, -0.15) is 0 Å². The van der Waals surface area contributed by atoms with Crippen molar-refractivity contribution in [1.29, 1.82) is 0 Å². The molecule has 5 nitrogen and oxygen atoms in total. The van der Waals surface area contributed by atoms with Crippen LogP contribution in [0.4, 0.5) is 4.79 Å². The van der Waals surface area contributed by atoms with Crippen LogP contribution in [0.1, 0.15) is 13.3 Å². The van der Waals surface area contributed by atoms with Gasteiger partial charge in [-0.15, -0.1) is 0 Å². The Hall–Kier alpha value is -2.11. The van der Waals surface area contributed by atoms with E-state index >= 15 is 0 Å². The van der Waals surface area contributed by atoms with Crippen LogP contribution in [-0.2, 0) is 0 Å². The molecule has 1 aromatic rings. The number of rotatable bonds is 3. The smallest absolute Gasteiger partial charge is 0.410 e. The van der Waals surface area contributed by atoms with Crippen LogP contribution in [0.5, 0.6) is 5.75 Å². The number of hydrogen-bond acceptors (Lipinski definition) is 4. The second kappa shape index (κ2) is 6.98. The Kier molecular flexibility index (Phi) is 4.79. The zero-order valence-corrected chi connectivity index (χ0v) is 13.4. The van der Waals surface area contributed by atoms with Gasteiger partial charge in [-0.3, -0.25) is 10.2 Å². The molecule has 5 heteroatoms. The summed E-state index contributed by atoms with van der Waals surface area (Å²) in [6.45, 7) is 5.72. The molecule has 2 N–H and O–H groups in total. The number of ether oxygens (including phenoxy) is 1. The molecule has 1 amide bonds. The first kappa shape index (κ1) is 15.8. The van der Waals surface area contributed by atoms with Gasteiger partial charge in [0.15, 0.2) is 0 Å². The Morgan fingerprint density at radius 3 is 2.70 bits per heavy atom. The summed E-state index contributed by atoms with van der Waals surface area (Å²) in [4.78, 5) is 14.7. The summed E-state index contributed by atoms with van der Waals surface area (Å²) in [5.74, 6) is 0.549. The summed E-state index contributed by atoms with van der Waals surface area (Å²) in [5.41, 5.74) is 0.735. The van der Waals surface area contributed by atoms with Crippen molar-refractivity contribution in [2.75, 3.05) is 26.2 Å². The molecule has 1 unspecified atom stereocenters. The third-order valence-electron chi connectivity index (χ3n) is 4.25. The molecule has 0 spiro atoms. The molecule has 1 aliphatic heterocycles. The number of carbonyl (C=O) groups excluding carboxylic acids is 1. The van der Waals surface area contributed by atoms with E-state index in [0.29, 0.717) is 5.75 Å². The first-order valence-electron chi connectivity index (χ1n) is 8.04. The molecule has 1 aliphatic carbocycles. The van der Waals surface area contributed by atoms with Crippen LogP contribution < -0.4 is 15.4 Å². The van der Waals surface area contributed by atoms with E-state index < -0.39 is 11.8 Å². The Morgan fingerprint density at radius 2 is 2.00 bits per heavy atom. The zero-order chi connectivity index (χ0) is 16.1. The van der Waals surface area contributed by atoms with Gasteiger partial charge in [0.2, 0.25) is 0 Å². The molecule has 1 fully saturated rings. The molecule has 23 heavy (non-hydrogen) atoms. The summed E-state index contributed by atoms with van der Waals surface area (Å²) in [6, 6.07) is 9.15. The minimum absolute atomic E-state index is 0.422. The van der Waals surface area contributed by atoms with E-state index in [2.05, 4.69) is 34.6 Å². The van der Waals surface area contributed by atoms with Gasteiger partial charge in [0, 0.05) is 32.6 Å². The number of nitrogens with one attached hydrogen (secondary N) is 2. The van der Waals surface area contributed by atoms with E-state index in [9.17, 15) is 4.79 Å². The van der Waals surface area contributed by atoms with Gasteiger partial charge in [-0.1, -0.05) is 35.9 Å². The third-order valence-corrected chi connectivity index (χ3v) is 4.25. The molecule has 0 radical (unpaired) electrons. The molecule has 2 aliphatic rings. The largest absolute Gasteiger partial charge is 0.414 e. The topological polar surface area (TPSA) is 53.6 Å². The van der Waals surface area contributed by atoms with Gasteiger partial charge in [0.25, 0.3) is 0 Å². The van der Waals surface area contributed by atoms with E-state index in [1.807, 2.05) is 24.3 Å². The average Bonchev–Trinajstić information content (AvgIpc) is 2.56. The van der Waals surface area contributed by atoms with E-state index in [0.717, 1.165) is 32.6 Å². The maximum absolute atomic E-state index is 12.4. The van der Waals surface area contributed by atoms with Crippen LogP contribution in [0.25, 0.3) is 0 Å². The van der Waals surface area contributed by atoms with Crippen LogP contribution >= 0.6 is 0 Å². The predicted molar refractivity (Wildman–Crippen MR) is 90.3 cm³/mol. The zero-order valence-electron chi connectivity index (χ0n) is 13.4. The lowest BCUT2D eigenvalue weighted by Gasteiger charge is -2.45. The molecule has 0 saturated carbocycles. The van der Waals surface area contributed by atoms with Crippen LogP contribution in [0.3, 0.4) is 0 Å². The van der Waals surface area contributed by atoms with Crippen molar-refractivity contribution < 1.29 is 9.53 Å². The van der Waals surface area contributed by atoms with Crippen molar-refractivity contribution in [2.45, 2.75) is 19.0 Å². The molecule has 3 rings (SSSR count). The van der Waals surface area contributed by atoms with Gasteiger partial charge >= 0.3 is 6.09 Å². The van der Waals surface area contributed by atoms with E-state index in [1.54, 1.807) is 12.1 Å². The summed E-state index contributed by atoms with van der Waals surface area (Å²) in [5, 5.41) is 6.44. The monoisotopic (exact) mass is 313 g/mol. The molecule has 1 heterocycles. The molecular formula is C18H23N3O2. The number of carbonyl (C=O) groups is 1. The number of allylic oxidation sites excluding steroid dienone is 2. The lowest BCUT2D eigenvalue weighted by Crippen LogP contribution is -2.64. The minimum atomic E-state index is -0.507. The fourth-order valence-corrected chi connectivity index (χ4v) is 3.16. The number of benzene rings is 1. The van der Waals surface area contributed by atoms with Crippen molar-refractivity contribution in [3.05, 3.63) is 54.1 Å². The second-order valence-electron chi connectivity index (χ2n) is 6.04. The van der Waals surface area contributed by atoms with Gasteiger partial charge in [-0.05, 0) is 25.1 Å². The van der Waals surface area contributed by atoms with Crippen molar-refractivity contribution in [2.24, 2.45) is 0 Å². The summed E-state index contributed by atoms with van der Waals surface area (Å²) in [6.07, 6.45) is 6.52. The Balaban J connectivity index is 1.75. The van der Waals surface area contributed by atoms with Crippen molar-refractivity contribution in [1.82, 2.24) is 15.5 Å². The SMILES string of the molecule is CC1=CC=CC(NC(=O)Oc2ccccc2)(N2CCNCC2)C1. The first-order valence-corrected chi connectivity index (χ1v) is 8.04. The first-order chi connectivity index (χ1) is 11.2. The highest BCUT2D eigenvalue weighted by Gasteiger charge is 2.38. The van der Waals surface area contributed by atoms with Gasteiger partial charge < -0.3 is 10.1 Å². The van der Waals surface area contributed by atoms with Crippen LogP contribution in [0, 0.1) is 0 Å². The second-order valence-corrected chi connectivity index (χ2v) is 6.04. The summed E-state index contributed by atoms with van der Waals surface area (Å²) >= 11 is 0. The van der Waals surface area contributed by atoms with Crippen molar-refractivity contribution >= 4 is 6.09 Å². The van der Waals surface area contributed by atoms with E-state index in [4.69, 9.17) is 4.74 Å². The normalized spacial score (nSPS) is 24.8. The maximum atomic E-state index is 12.4. The Bertz CT molecular complexity index is 606. The van der Waals surface area contributed by atoms with Crippen LogP contribution in [-0.4, -0.2) is 42.8 Å². The summed E-state index contributed by atoms with van der Waals surface area (Å²) in [7, 11) is 0. The maximum Gasteiger partial charge on any atom is 0.414 e. The third kappa shape index (κ3) is 3.81. The van der Waals surface area contributed by atoms with Crippen LogP contribution in [0.15, 0.2) is 54.1 Å². The Labute approximate surface area is 137 Å². The quantitative estimate of drug-likeness (QED) is 0.899. The minimum Gasteiger partial charge on any atom is -0.410 e. The number of hydrogen-bond donors (Lipinski definition) is 2. The highest BCUT2D eigenvalue weighted by molar-refractivity contribution is 5.72. The fraction of sp³-hybridized carbons (Fsp3) is 0.389. The molecule has 1 atom stereocenters. The molecule has 1 aromatic carbocycles. The molecular weight excluding hydrogens is 290 g/mol. The lowest BCUT2D eigenvalue weighted by atomic mass is 9.93. The number of nitrogens with zero attached hydrogens (tertiary/aromatic N) is 1. The number of amides is 1. The molecule has 0 bridgehead atoms. The standard InChI is InChI=1S/C18H23N3O2/c1-15-6-5-9-18(14-15,21-12-10-19-11-13-21)20-17(22)23-16-7-3-2-4-8-16/h2-9,19H,10-14H2,1H3,(H,20,22). The molecule has 122 valence electrons. The van der Waals surface area contributed by atoms with Crippen molar-refractivity contribution in [3.8, 4) is 5.75 Å². The van der Waals surface area contributed by atoms with Gasteiger partial charge in [0.05, 0.1) is 0 Å². The molecule has 1 saturated heterocycles. The summed E-state index contributed by atoms with van der Waals surface area (Å²) < 4.78 is 5.42. The molecule has 0 aromatic heterocycles. The average molecular weight is 313 g/mol. The lowest BCUT2D eigenvalue weighted by molar-refractivity contribution is 0.0796. The van der Waals surface area contributed by atoms with Crippen LogP contribution in [0.2, 0.25) is 0 Å². The van der Waals surface area contributed by atoms with Gasteiger partial charge in [-0.25, -0.2) is 4.79 Å². The highest BCUT2D eigenvalue weighted by Crippen LogP contribution is 2.27. The number of para-hydroxylation sites is 1. The highest BCUT2D eigenvalue weighted by atomic mass is 16.6. The number of piperazine rings is 1. The fourth-order valence-electron chi connectivity index (χ4n) is 3.16. The van der Waals surface area contributed by atoms with Crippen molar-refractivity contribution in [3.63, 3.8) is 0 Å². The van der Waals surface area contributed by atoms with Gasteiger partial charge in [0.1, 0.15) is 11.4 Å². The van der Waals surface area contributed by atoms with E-state index in [1.165, 1.54) is 5.57 Å².